The van der Waals surface area contributed by atoms with Crippen molar-refractivity contribution in [1.29, 1.82) is 0 Å². The van der Waals surface area contributed by atoms with Gasteiger partial charge >= 0.3 is 0 Å². The van der Waals surface area contributed by atoms with E-state index in [9.17, 15) is 9.59 Å². The van der Waals surface area contributed by atoms with Crippen molar-refractivity contribution in [3.05, 3.63) is 34.8 Å². The molecule has 24 heavy (non-hydrogen) atoms. The molecule has 1 aromatic heterocycles. The van der Waals surface area contributed by atoms with Crippen LogP contribution in [0.1, 0.15) is 17.0 Å². The first kappa shape index (κ1) is 16.5. The fourth-order valence-electron chi connectivity index (χ4n) is 2.62. The summed E-state index contributed by atoms with van der Waals surface area (Å²) in [5.41, 5.74) is 1.90. The molecule has 1 aliphatic rings. The first-order valence-electron chi connectivity index (χ1n) is 7.56. The van der Waals surface area contributed by atoms with Crippen LogP contribution in [0.5, 0.6) is 0 Å². The lowest BCUT2D eigenvalue weighted by Crippen LogP contribution is -2.28. The number of rotatable bonds is 5. The Balaban J connectivity index is 1.65. The summed E-state index contributed by atoms with van der Waals surface area (Å²) in [4.78, 5) is 26.3. The molecular formula is C16H18N4O3S. The molecule has 1 fully saturated rings. The molecule has 0 radical (unpaired) electrons. The van der Waals surface area contributed by atoms with Gasteiger partial charge < -0.3 is 15.0 Å². The highest BCUT2D eigenvalue weighted by molar-refractivity contribution is 7.15. The number of carbonyl (C=O) groups excluding carboxylic acids is 2. The lowest BCUT2D eigenvalue weighted by molar-refractivity contribution is -0.122. The van der Waals surface area contributed by atoms with Crippen LogP contribution in [0.15, 0.2) is 24.3 Å². The molecule has 1 N–H and O–H groups in total. The van der Waals surface area contributed by atoms with Crippen LogP contribution in [0.2, 0.25) is 0 Å². The van der Waals surface area contributed by atoms with Crippen LogP contribution in [0.4, 0.5) is 10.8 Å². The molecule has 0 aliphatic carbocycles. The second kappa shape index (κ2) is 7.06. The third-order valence-corrected chi connectivity index (χ3v) is 4.59. The number of aryl methyl sites for hydroxylation is 1. The van der Waals surface area contributed by atoms with Gasteiger partial charge in [0.2, 0.25) is 16.9 Å². The zero-order chi connectivity index (χ0) is 17.1. The highest BCUT2D eigenvalue weighted by Crippen LogP contribution is 2.27. The van der Waals surface area contributed by atoms with E-state index in [2.05, 4.69) is 15.5 Å². The number of ether oxygens (including phenoxy) is 1. The minimum Gasteiger partial charge on any atom is -0.377 e. The van der Waals surface area contributed by atoms with E-state index in [-0.39, 0.29) is 18.2 Å². The number of hydrogen-bond acceptors (Lipinski definition) is 6. The van der Waals surface area contributed by atoms with Crippen molar-refractivity contribution < 1.29 is 14.3 Å². The number of carbonyl (C=O) groups is 2. The van der Waals surface area contributed by atoms with Crippen molar-refractivity contribution in [1.82, 2.24) is 10.2 Å². The predicted octanol–water partition coefficient (Wildman–Crippen LogP) is 1.98. The number of benzene rings is 1. The van der Waals surface area contributed by atoms with Crippen LogP contribution in [0.3, 0.4) is 0 Å². The monoisotopic (exact) mass is 346 g/mol. The molecule has 3 rings (SSSR count). The minimum absolute atomic E-state index is 0.0434. The van der Waals surface area contributed by atoms with Gasteiger partial charge in [-0.1, -0.05) is 23.5 Å². The normalized spacial score (nSPS) is 17.3. The number of hydrogen-bond donors (Lipinski definition) is 1. The maximum atomic E-state index is 12.4. The van der Waals surface area contributed by atoms with Crippen molar-refractivity contribution >= 4 is 34.0 Å². The molecule has 8 heteroatoms. The molecular weight excluding hydrogens is 328 g/mol. The van der Waals surface area contributed by atoms with Gasteiger partial charge in [0.05, 0.1) is 5.92 Å². The van der Waals surface area contributed by atoms with Gasteiger partial charge in [0, 0.05) is 25.8 Å². The van der Waals surface area contributed by atoms with Gasteiger partial charge in [-0.2, -0.15) is 0 Å². The van der Waals surface area contributed by atoms with Crippen molar-refractivity contribution in [2.24, 2.45) is 5.92 Å². The summed E-state index contributed by atoms with van der Waals surface area (Å²) in [7, 11) is 1.57. The van der Waals surface area contributed by atoms with Gasteiger partial charge in [-0.3, -0.25) is 9.59 Å². The molecule has 1 atom stereocenters. The van der Waals surface area contributed by atoms with E-state index in [1.165, 1.54) is 11.3 Å². The van der Waals surface area contributed by atoms with E-state index in [1.807, 2.05) is 31.2 Å². The number of anilines is 2. The molecule has 0 unspecified atom stereocenters. The Morgan fingerprint density at radius 3 is 3.04 bits per heavy atom. The van der Waals surface area contributed by atoms with E-state index in [0.29, 0.717) is 23.3 Å². The molecule has 2 heterocycles. The minimum atomic E-state index is -0.396. The van der Waals surface area contributed by atoms with Crippen molar-refractivity contribution in [3.8, 4) is 0 Å². The van der Waals surface area contributed by atoms with Crippen LogP contribution in [0, 0.1) is 12.8 Å². The molecule has 0 spiro atoms. The van der Waals surface area contributed by atoms with Gasteiger partial charge in [0.15, 0.2) is 0 Å². The molecule has 126 valence electrons. The third-order valence-electron chi connectivity index (χ3n) is 3.77. The van der Waals surface area contributed by atoms with Crippen molar-refractivity contribution in [2.45, 2.75) is 20.0 Å². The van der Waals surface area contributed by atoms with Crippen LogP contribution < -0.4 is 10.2 Å². The van der Waals surface area contributed by atoms with Gasteiger partial charge in [-0.25, -0.2) is 0 Å². The summed E-state index contributed by atoms with van der Waals surface area (Å²) in [6, 6.07) is 7.71. The summed E-state index contributed by atoms with van der Waals surface area (Å²) < 4.78 is 4.98. The number of nitrogens with zero attached hydrogens (tertiary/aromatic N) is 3. The Morgan fingerprint density at radius 2 is 2.29 bits per heavy atom. The SMILES string of the molecule is COCc1nnc(NC(=O)[C@H]2CC(=O)N(c3cccc(C)c3)C2)s1. The van der Waals surface area contributed by atoms with Gasteiger partial charge in [-0.15, -0.1) is 10.2 Å². The zero-order valence-electron chi connectivity index (χ0n) is 13.5. The largest absolute Gasteiger partial charge is 0.377 e. The number of methoxy groups -OCH3 is 1. The van der Waals surface area contributed by atoms with Crippen LogP contribution in [-0.4, -0.2) is 35.7 Å². The Morgan fingerprint density at radius 1 is 1.46 bits per heavy atom. The lowest BCUT2D eigenvalue weighted by atomic mass is 10.1. The van der Waals surface area contributed by atoms with Crippen LogP contribution in [0.25, 0.3) is 0 Å². The number of aromatic nitrogens is 2. The highest BCUT2D eigenvalue weighted by Gasteiger charge is 2.35. The first-order valence-corrected chi connectivity index (χ1v) is 8.37. The fraction of sp³-hybridized carbons (Fsp3) is 0.375. The summed E-state index contributed by atoms with van der Waals surface area (Å²) in [5.74, 6) is -0.649. The van der Waals surface area contributed by atoms with E-state index in [0.717, 1.165) is 11.3 Å². The Kier molecular flexibility index (Phi) is 4.86. The predicted molar refractivity (Wildman–Crippen MR) is 90.9 cm³/mol. The molecule has 1 aliphatic heterocycles. The Bertz CT molecular complexity index is 761. The topological polar surface area (TPSA) is 84.4 Å². The average Bonchev–Trinajstić information content (AvgIpc) is 3.14. The molecule has 2 aromatic rings. The molecule has 2 amide bonds. The first-order chi connectivity index (χ1) is 11.6. The summed E-state index contributed by atoms with van der Waals surface area (Å²) in [6.07, 6.45) is 0.198. The smallest absolute Gasteiger partial charge is 0.231 e. The van der Waals surface area contributed by atoms with E-state index >= 15 is 0 Å². The standard InChI is InChI=1S/C16H18N4O3S/c1-10-4-3-5-12(6-10)20-8-11(7-14(20)21)15(22)17-16-19-18-13(24-16)9-23-2/h3-6,11H,7-9H2,1-2H3,(H,17,19,22)/t11-/m0/s1. The molecule has 7 nitrogen and oxygen atoms in total. The second-order valence-electron chi connectivity index (χ2n) is 5.67. The average molecular weight is 346 g/mol. The van der Waals surface area contributed by atoms with Gasteiger partial charge in [0.1, 0.15) is 11.6 Å². The molecule has 1 saturated heterocycles. The number of amides is 2. The number of nitrogens with one attached hydrogen (secondary N) is 1. The molecule has 0 saturated carbocycles. The molecule has 0 bridgehead atoms. The van der Waals surface area contributed by atoms with Gasteiger partial charge in [-0.05, 0) is 24.6 Å². The maximum absolute atomic E-state index is 12.4. The zero-order valence-corrected chi connectivity index (χ0v) is 14.3. The third kappa shape index (κ3) is 3.60. The summed E-state index contributed by atoms with van der Waals surface area (Å²) in [5, 5.41) is 11.7. The second-order valence-corrected chi connectivity index (χ2v) is 6.73. The Labute approximate surface area is 143 Å². The summed E-state index contributed by atoms with van der Waals surface area (Å²) >= 11 is 1.27. The molecule has 1 aromatic carbocycles. The maximum Gasteiger partial charge on any atom is 0.231 e. The highest BCUT2D eigenvalue weighted by atomic mass is 32.1. The van der Waals surface area contributed by atoms with E-state index in [4.69, 9.17) is 4.74 Å². The van der Waals surface area contributed by atoms with E-state index < -0.39 is 5.92 Å². The van der Waals surface area contributed by atoms with Crippen LogP contribution >= 0.6 is 11.3 Å². The fourth-order valence-corrected chi connectivity index (χ4v) is 3.34. The lowest BCUT2D eigenvalue weighted by Gasteiger charge is -2.17. The van der Waals surface area contributed by atoms with Crippen molar-refractivity contribution in [2.75, 3.05) is 23.9 Å². The Hall–Kier alpha value is -2.32. The van der Waals surface area contributed by atoms with Crippen LogP contribution in [-0.2, 0) is 20.9 Å². The van der Waals surface area contributed by atoms with Crippen molar-refractivity contribution in [3.63, 3.8) is 0 Å². The quantitative estimate of drug-likeness (QED) is 0.895. The van der Waals surface area contributed by atoms with Gasteiger partial charge in [0.25, 0.3) is 0 Å². The summed E-state index contributed by atoms with van der Waals surface area (Å²) in [6.45, 7) is 2.70. The van der Waals surface area contributed by atoms with E-state index in [1.54, 1.807) is 12.0 Å².